The molecule has 2 N–H and O–H groups in total. The van der Waals surface area contributed by atoms with Crippen LogP contribution < -0.4 is 5.32 Å². The van der Waals surface area contributed by atoms with Gasteiger partial charge in [-0.05, 0) is 24.5 Å². The van der Waals surface area contributed by atoms with Gasteiger partial charge in [0, 0.05) is 26.2 Å². The predicted octanol–water partition coefficient (Wildman–Crippen LogP) is 3.04. The molecule has 3 heterocycles. The molecule has 0 spiro atoms. The van der Waals surface area contributed by atoms with Crippen molar-refractivity contribution in [3.05, 3.63) is 22.5 Å². The van der Waals surface area contributed by atoms with E-state index in [0.717, 1.165) is 17.0 Å². The Balaban J connectivity index is 1.72. The van der Waals surface area contributed by atoms with Crippen molar-refractivity contribution in [2.75, 3.05) is 18.4 Å². The number of nitrogens with one attached hydrogen (secondary N) is 1. The van der Waals surface area contributed by atoms with Crippen molar-refractivity contribution in [3.8, 4) is 10.6 Å². The van der Waals surface area contributed by atoms with E-state index in [-0.39, 0.29) is 6.03 Å². The minimum absolute atomic E-state index is 0.214. The molecule has 1 aliphatic heterocycles. The Kier molecular flexibility index (Phi) is 4.61. The number of hydrogen-bond acceptors (Lipinski definition) is 4. The van der Waals surface area contributed by atoms with Gasteiger partial charge in [-0.1, -0.05) is 18.5 Å². The van der Waals surface area contributed by atoms with Gasteiger partial charge in [0.25, 0.3) is 0 Å². The van der Waals surface area contributed by atoms with E-state index in [1.807, 2.05) is 25.1 Å². The molecule has 124 valence electrons. The number of carbonyl (C=O) groups is 1. The highest BCUT2D eigenvalue weighted by atomic mass is 35.5. The summed E-state index contributed by atoms with van der Waals surface area (Å²) in [7, 11) is 1.78. The molecule has 0 saturated carbocycles. The van der Waals surface area contributed by atoms with Crippen LogP contribution >= 0.6 is 22.9 Å². The third-order valence-electron chi connectivity index (χ3n) is 3.87. The number of halogens is 1. The van der Waals surface area contributed by atoms with Crippen molar-refractivity contribution in [3.63, 3.8) is 0 Å². The standard InChI is InChI=1S/C15H19ClN4O2S/c1-9-5-10(21)8-20(7-9)15(22)17-14-6-11(18-19(14)2)12-3-4-13(16)23-12/h3-4,6,9-10,21H,5,7-8H2,1-2H3,(H,17,22)/t9-,10+/m1/s1. The molecule has 2 amide bonds. The molecule has 8 heteroatoms. The zero-order valence-corrected chi connectivity index (χ0v) is 14.6. The van der Waals surface area contributed by atoms with E-state index in [1.54, 1.807) is 16.6 Å². The molecule has 0 radical (unpaired) electrons. The summed E-state index contributed by atoms with van der Waals surface area (Å²) in [6, 6.07) is 5.34. The van der Waals surface area contributed by atoms with E-state index in [4.69, 9.17) is 11.6 Å². The number of nitrogens with zero attached hydrogens (tertiary/aromatic N) is 3. The molecule has 3 rings (SSSR count). The normalized spacial score (nSPS) is 21.5. The summed E-state index contributed by atoms with van der Waals surface area (Å²) < 4.78 is 2.33. The van der Waals surface area contributed by atoms with Crippen LogP contribution in [0.1, 0.15) is 13.3 Å². The van der Waals surface area contributed by atoms with E-state index in [0.29, 0.717) is 29.2 Å². The van der Waals surface area contributed by atoms with Crippen LogP contribution in [0.2, 0.25) is 4.34 Å². The maximum Gasteiger partial charge on any atom is 0.323 e. The van der Waals surface area contributed by atoms with Crippen LogP contribution in [0.4, 0.5) is 10.6 Å². The summed E-state index contributed by atoms with van der Waals surface area (Å²) in [4.78, 5) is 15.0. The van der Waals surface area contributed by atoms with Crippen molar-refractivity contribution in [2.45, 2.75) is 19.4 Å². The minimum atomic E-state index is -0.458. The monoisotopic (exact) mass is 354 g/mol. The smallest absolute Gasteiger partial charge is 0.323 e. The van der Waals surface area contributed by atoms with Crippen molar-refractivity contribution < 1.29 is 9.90 Å². The molecule has 2 aromatic rings. The van der Waals surface area contributed by atoms with Gasteiger partial charge in [-0.25, -0.2) is 4.79 Å². The van der Waals surface area contributed by atoms with Gasteiger partial charge in [0.1, 0.15) is 11.5 Å². The molecule has 0 unspecified atom stereocenters. The number of carbonyl (C=O) groups excluding carboxylic acids is 1. The van der Waals surface area contributed by atoms with Crippen LogP contribution in [-0.4, -0.2) is 45.0 Å². The number of aromatic nitrogens is 2. The van der Waals surface area contributed by atoms with Gasteiger partial charge in [0.15, 0.2) is 0 Å². The maximum absolute atomic E-state index is 12.4. The Morgan fingerprint density at radius 3 is 2.91 bits per heavy atom. The lowest BCUT2D eigenvalue weighted by Gasteiger charge is -2.33. The quantitative estimate of drug-likeness (QED) is 0.870. The Morgan fingerprint density at radius 1 is 1.48 bits per heavy atom. The topological polar surface area (TPSA) is 70.4 Å². The fraction of sp³-hybridized carbons (Fsp3) is 0.467. The molecule has 2 aromatic heterocycles. The van der Waals surface area contributed by atoms with Crippen LogP contribution in [0, 0.1) is 5.92 Å². The molecular formula is C15H19ClN4O2S. The molecule has 2 atom stereocenters. The van der Waals surface area contributed by atoms with Crippen molar-refractivity contribution in [2.24, 2.45) is 13.0 Å². The third-order valence-corrected chi connectivity index (χ3v) is 5.12. The van der Waals surface area contributed by atoms with Gasteiger partial charge in [-0.2, -0.15) is 5.10 Å². The highest BCUT2D eigenvalue weighted by Crippen LogP contribution is 2.31. The first-order valence-corrected chi connectivity index (χ1v) is 8.65. The Labute approximate surface area is 143 Å². The Bertz CT molecular complexity index is 704. The second-order valence-electron chi connectivity index (χ2n) is 5.97. The zero-order chi connectivity index (χ0) is 16.6. The first kappa shape index (κ1) is 16.3. The minimum Gasteiger partial charge on any atom is -0.391 e. The highest BCUT2D eigenvalue weighted by Gasteiger charge is 2.27. The first-order valence-electron chi connectivity index (χ1n) is 7.46. The van der Waals surface area contributed by atoms with Gasteiger partial charge >= 0.3 is 6.03 Å². The lowest BCUT2D eigenvalue weighted by atomic mass is 9.98. The molecule has 6 nitrogen and oxygen atoms in total. The number of rotatable bonds is 2. The van der Waals surface area contributed by atoms with Crippen LogP contribution in [-0.2, 0) is 7.05 Å². The fourth-order valence-corrected chi connectivity index (χ4v) is 3.83. The van der Waals surface area contributed by atoms with E-state index < -0.39 is 6.10 Å². The van der Waals surface area contributed by atoms with Gasteiger partial charge in [-0.3, -0.25) is 10.00 Å². The summed E-state index contributed by atoms with van der Waals surface area (Å²) in [5, 5.41) is 17.1. The summed E-state index contributed by atoms with van der Waals surface area (Å²) in [5.41, 5.74) is 0.770. The number of hydrogen-bond donors (Lipinski definition) is 2. The zero-order valence-electron chi connectivity index (χ0n) is 13.0. The highest BCUT2D eigenvalue weighted by molar-refractivity contribution is 7.19. The molecule has 23 heavy (non-hydrogen) atoms. The van der Waals surface area contributed by atoms with Crippen molar-refractivity contribution in [1.29, 1.82) is 0 Å². The number of likely N-dealkylation sites (tertiary alicyclic amines) is 1. The molecule has 1 saturated heterocycles. The van der Waals surface area contributed by atoms with E-state index in [1.165, 1.54) is 11.3 Å². The third kappa shape index (κ3) is 3.68. The number of thiophene rings is 1. The second-order valence-corrected chi connectivity index (χ2v) is 7.69. The second kappa shape index (κ2) is 6.51. The molecular weight excluding hydrogens is 336 g/mol. The summed E-state index contributed by atoms with van der Waals surface area (Å²) >= 11 is 7.40. The lowest BCUT2D eigenvalue weighted by Crippen LogP contribution is -2.47. The number of aliphatic hydroxyl groups excluding tert-OH is 1. The molecule has 1 aliphatic rings. The number of aryl methyl sites for hydroxylation is 1. The van der Waals surface area contributed by atoms with Crippen LogP contribution in [0.5, 0.6) is 0 Å². The number of aliphatic hydroxyl groups is 1. The number of amides is 2. The van der Waals surface area contributed by atoms with E-state index >= 15 is 0 Å². The number of urea groups is 1. The van der Waals surface area contributed by atoms with Crippen molar-refractivity contribution >= 4 is 34.8 Å². The van der Waals surface area contributed by atoms with Crippen LogP contribution in [0.3, 0.4) is 0 Å². The fourth-order valence-electron chi connectivity index (χ4n) is 2.83. The van der Waals surface area contributed by atoms with Gasteiger partial charge in [-0.15, -0.1) is 11.3 Å². The van der Waals surface area contributed by atoms with E-state index in [9.17, 15) is 9.90 Å². The largest absolute Gasteiger partial charge is 0.391 e. The van der Waals surface area contributed by atoms with Gasteiger partial charge in [0.2, 0.25) is 0 Å². The molecule has 0 bridgehead atoms. The lowest BCUT2D eigenvalue weighted by molar-refractivity contribution is 0.0640. The van der Waals surface area contributed by atoms with Crippen LogP contribution in [0.25, 0.3) is 10.6 Å². The Morgan fingerprint density at radius 2 is 2.26 bits per heavy atom. The average molecular weight is 355 g/mol. The summed E-state index contributed by atoms with van der Waals surface area (Å²) in [6.07, 6.45) is 0.276. The number of piperidine rings is 1. The Hall–Kier alpha value is -1.57. The van der Waals surface area contributed by atoms with E-state index in [2.05, 4.69) is 10.4 Å². The number of β-amino-alcohol motifs (C(OH)–C–C–N with tert-alkyl or cyclic N) is 1. The summed E-state index contributed by atoms with van der Waals surface area (Å²) in [5.74, 6) is 0.905. The summed E-state index contributed by atoms with van der Waals surface area (Å²) in [6.45, 7) is 3.04. The van der Waals surface area contributed by atoms with Crippen LogP contribution in [0.15, 0.2) is 18.2 Å². The molecule has 0 aliphatic carbocycles. The van der Waals surface area contributed by atoms with Gasteiger partial charge < -0.3 is 10.0 Å². The first-order chi connectivity index (χ1) is 10.9. The molecule has 1 fully saturated rings. The predicted molar refractivity (Wildman–Crippen MR) is 91.9 cm³/mol. The van der Waals surface area contributed by atoms with Gasteiger partial charge in [0.05, 0.1) is 15.3 Å². The number of anilines is 1. The molecule has 0 aromatic carbocycles. The SMILES string of the molecule is C[C@@H]1C[C@H](O)CN(C(=O)Nc2cc(-c3ccc(Cl)s3)nn2C)C1. The van der Waals surface area contributed by atoms with Crippen molar-refractivity contribution in [1.82, 2.24) is 14.7 Å². The maximum atomic E-state index is 12.4. The average Bonchev–Trinajstić information content (AvgIpc) is 3.05.